The zero-order chi connectivity index (χ0) is 22.0. The van der Waals surface area contributed by atoms with Gasteiger partial charge in [0.05, 0.1) is 29.5 Å². The van der Waals surface area contributed by atoms with Gasteiger partial charge >= 0.3 is 11.9 Å². The normalized spacial score (nSPS) is 10.8. The fraction of sp³-hybridized carbons (Fsp3) is 0.190. The highest BCUT2D eigenvalue weighted by Crippen LogP contribution is 2.41. The molecular formula is C21H18N4O5S. The quantitative estimate of drug-likeness (QED) is 0.438. The molecule has 0 saturated heterocycles. The molecular weight excluding hydrogens is 420 g/mol. The van der Waals surface area contributed by atoms with E-state index in [0.29, 0.717) is 22.1 Å². The lowest BCUT2D eigenvalue weighted by Crippen LogP contribution is -2.08. The van der Waals surface area contributed by atoms with Gasteiger partial charge in [0, 0.05) is 0 Å². The number of nitrogens with one attached hydrogen (secondary N) is 1. The van der Waals surface area contributed by atoms with Crippen LogP contribution in [0.2, 0.25) is 0 Å². The second-order valence-corrected chi connectivity index (χ2v) is 7.40. The minimum Gasteiger partial charge on any atom is -0.465 e. The number of furan rings is 1. The van der Waals surface area contributed by atoms with Crippen molar-refractivity contribution in [2.75, 3.05) is 19.0 Å². The number of aromatic nitrogens is 3. The summed E-state index contributed by atoms with van der Waals surface area (Å²) in [6, 6.07) is 10.7. The fourth-order valence-corrected chi connectivity index (χ4v) is 4.01. The van der Waals surface area contributed by atoms with Crippen molar-refractivity contribution in [3.05, 3.63) is 53.4 Å². The van der Waals surface area contributed by atoms with Gasteiger partial charge in [0.2, 0.25) is 5.88 Å². The summed E-state index contributed by atoms with van der Waals surface area (Å²) in [5, 5.41) is 11.5. The first-order valence-corrected chi connectivity index (χ1v) is 10.2. The maximum atomic E-state index is 12.5. The van der Waals surface area contributed by atoms with Crippen molar-refractivity contribution in [1.29, 1.82) is 0 Å². The van der Waals surface area contributed by atoms with Crippen LogP contribution in [0.1, 0.15) is 33.5 Å². The number of para-hydroxylation sites is 1. The number of rotatable bonds is 6. The molecule has 0 saturated carbocycles. The standard InChI is InChI=1S/C21H18N4O5S/c1-4-29-20(26)13-9-10-15(25-24-13)23-18-17(16(11(2)30-18)21(27)28-3)19-22-12-7-5-6-8-14(12)31-19/h5-10H,4H2,1-3H3,(H,23,25). The minimum absolute atomic E-state index is 0.0877. The lowest BCUT2D eigenvalue weighted by molar-refractivity contribution is 0.0517. The number of ether oxygens (including phenoxy) is 2. The van der Waals surface area contributed by atoms with E-state index in [9.17, 15) is 9.59 Å². The van der Waals surface area contributed by atoms with Gasteiger partial charge in [-0.3, -0.25) is 0 Å². The molecule has 9 nitrogen and oxygen atoms in total. The Balaban J connectivity index is 1.76. The molecule has 0 radical (unpaired) electrons. The topological polar surface area (TPSA) is 116 Å². The maximum absolute atomic E-state index is 12.5. The molecule has 0 unspecified atom stereocenters. The summed E-state index contributed by atoms with van der Waals surface area (Å²) in [4.78, 5) is 28.9. The zero-order valence-electron chi connectivity index (χ0n) is 17.0. The molecule has 1 aromatic carbocycles. The van der Waals surface area contributed by atoms with Crippen molar-refractivity contribution in [2.24, 2.45) is 0 Å². The number of hydrogen-bond acceptors (Lipinski definition) is 10. The van der Waals surface area contributed by atoms with Crippen molar-refractivity contribution in [1.82, 2.24) is 15.2 Å². The van der Waals surface area contributed by atoms with Gasteiger partial charge in [-0.05, 0) is 38.1 Å². The van der Waals surface area contributed by atoms with E-state index in [1.54, 1.807) is 19.9 Å². The van der Waals surface area contributed by atoms with Crippen LogP contribution < -0.4 is 5.32 Å². The van der Waals surface area contributed by atoms with Crippen LogP contribution in [0.25, 0.3) is 20.8 Å². The maximum Gasteiger partial charge on any atom is 0.358 e. The van der Waals surface area contributed by atoms with Crippen LogP contribution in [-0.2, 0) is 9.47 Å². The number of thiazole rings is 1. The van der Waals surface area contributed by atoms with Gasteiger partial charge in [-0.1, -0.05) is 12.1 Å². The predicted octanol–water partition coefficient (Wildman–Crippen LogP) is 4.36. The molecule has 0 amide bonds. The lowest BCUT2D eigenvalue weighted by Gasteiger charge is -2.05. The summed E-state index contributed by atoms with van der Waals surface area (Å²) in [6.07, 6.45) is 0. The van der Waals surface area contributed by atoms with Crippen molar-refractivity contribution < 1.29 is 23.5 Å². The number of hydrogen-bond donors (Lipinski definition) is 1. The zero-order valence-corrected chi connectivity index (χ0v) is 17.8. The summed E-state index contributed by atoms with van der Waals surface area (Å²) in [7, 11) is 1.31. The summed E-state index contributed by atoms with van der Waals surface area (Å²) < 4.78 is 16.7. The average molecular weight is 438 g/mol. The first-order chi connectivity index (χ1) is 15.0. The predicted molar refractivity (Wildman–Crippen MR) is 115 cm³/mol. The van der Waals surface area contributed by atoms with Gasteiger partial charge in [0.1, 0.15) is 16.3 Å². The lowest BCUT2D eigenvalue weighted by atomic mass is 10.1. The van der Waals surface area contributed by atoms with Crippen molar-refractivity contribution in [3.63, 3.8) is 0 Å². The number of carbonyl (C=O) groups is 2. The number of carbonyl (C=O) groups excluding carboxylic acids is 2. The Morgan fingerprint density at radius 2 is 1.94 bits per heavy atom. The second-order valence-electron chi connectivity index (χ2n) is 6.36. The first kappa shape index (κ1) is 20.5. The number of aryl methyl sites for hydroxylation is 1. The molecule has 31 heavy (non-hydrogen) atoms. The monoisotopic (exact) mass is 438 g/mol. The van der Waals surface area contributed by atoms with E-state index in [1.807, 2.05) is 24.3 Å². The Hall–Kier alpha value is -3.79. The molecule has 3 aromatic heterocycles. The molecule has 0 spiro atoms. The second kappa shape index (κ2) is 8.52. The largest absolute Gasteiger partial charge is 0.465 e. The Bertz CT molecular complexity index is 1230. The number of esters is 2. The van der Waals surface area contributed by atoms with Crippen LogP contribution in [0, 0.1) is 6.92 Å². The van der Waals surface area contributed by atoms with E-state index in [0.717, 1.165) is 10.2 Å². The molecule has 3 heterocycles. The first-order valence-electron chi connectivity index (χ1n) is 9.37. The number of fused-ring (bicyclic) bond motifs is 1. The number of benzene rings is 1. The van der Waals surface area contributed by atoms with Crippen LogP contribution in [0.3, 0.4) is 0 Å². The number of methoxy groups -OCH3 is 1. The van der Waals surface area contributed by atoms with Crippen LogP contribution >= 0.6 is 11.3 Å². The van der Waals surface area contributed by atoms with Crippen molar-refractivity contribution >= 4 is 45.2 Å². The Morgan fingerprint density at radius 1 is 1.13 bits per heavy atom. The highest BCUT2D eigenvalue weighted by molar-refractivity contribution is 7.21. The molecule has 4 rings (SSSR count). The van der Waals surface area contributed by atoms with E-state index in [4.69, 9.17) is 13.9 Å². The van der Waals surface area contributed by atoms with Gasteiger partial charge in [-0.2, -0.15) is 0 Å². The highest BCUT2D eigenvalue weighted by atomic mass is 32.1. The summed E-state index contributed by atoms with van der Waals surface area (Å²) in [6.45, 7) is 3.63. The minimum atomic E-state index is -0.557. The molecule has 0 atom stereocenters. The van der Waals surface area contributed by atoms with E-state index < -0.39 is 11.9 Å². The molecule has 0 aliphatic heterocycles. The number of nitrogens with zero attached hydrogens (tertiary/aromatic N) is 3. The average Bonchev–Trinajstić information content (AvgIpc) is 3.34. The highest BCUT2D eigenvalue weighted by Gasteiger charge is 2.28. The van der Waals surface area contributed by atoms with Gasteiger partial charge < -0.3 is 19.2 Å². The van der Waals surface area contributed by atoms with E-state index >= 15 is 0 Å². The molecule has 0 aliphatic carbocycles. The Labute approximate surface area is 181 Å². The molecule has 0 bridgehead atoms. The molecule has 4 aromatic rings. The van der Waals surface area contributed by atoms with Gasteiger partial charge in [-0.15, -0.1) is 21.5 Å². The van der Waals surface area contributed by atoms with Crippen molar-refractivity contribution in [2.45, 2.75) is 13.8 Å². The van der Waals surface area contributed by atoms with Crippen LogP contribution in [0.5, 0.6) is 0 Å². The smallest absolute Gasteiger partial charge is 0.358 e. The third-order valence-electron chi connectivity index (χ3n) is 4.37. The Kier molecular flexibility index (Phi) is 5.63. The number of anilines is 2. The van der Waals surface area contributed by atoms with Crippen LogP contribution in [0.15, 0.2) is 40.8 Å². The van der Waals surface area contributed by atoms with Crippen LogP contribution in [0.4, 0.5) is 11.7 Å². The summed E-state index contributed by atoms with van der Waals surface area (Å²) >= 11 is 1.43. The molecule has 1 N–H and O–H groups in total. The third-order valence-corrected chi connectivity index (χ3v) is 5.43. The van der Waals surface area contributed by atoms with Crippen LogP contribution in [-0.4, -0.2) is 40.8 Å². The van der Waals surface area contributed by atoms with E-state index in [-0.39, 0.29) is 23.7 Å². The molecule has 0 aliphatic rings. The molecule has 10 heteroatoms. The van der Waals surface area contributed by atoms with Crippen molar-refractivity contribution in [3.8, 4) is 10.6 Å². The summed E-state index contributed by atoms with van der Waals surface area (Å²) in [5.74, 6) is -0.124. The fourth-order valence-electron chi connectivity index (χ4n) is 2.99. The van der Waals surface area contributed by atoms with E-state index in [1.165, 1.54) is 24.5 Å². The SMILES string of the molecule is CCOC(=O)c1ccc(Nc2oc(C)c(C(=O)OC)c2-c2nc3ccccc3s2)nn1. The Morgan fingerprint density at radius 3 is 2.61 bits per heavy atom. The van der Waals surface area contributed by atoms with Gasteiger partial charge in [0.15, 0.2) is 11.5 Å². The third kappa shape index (κ3) is 3.97. The summed E-state index contributed by atoms with van der Waals surface area (Å²) in [5.41, 5.74) is 1.65. The van der Waals surface area contributed by atoms with Gasteiger partial charge in [-0.25, -0.2) is 14.6 Å². The van der Waals surface area contributed by atoms with E-state index in [2.05, 4.69) is 20.5 Å². The van der Waals surface area contributed by atoms with Gasteiger partial charge in [0.25, 0.3) is 0 Å². The molecule has 158 valence electrons. The molecule has 0 fully saturated rings.